The minimum Gasteiger partial charge on any atom is -0.396 e. The fourth-order valence-electron chi connectivity index (χ4n) is 2.08. The molecule has 1 saturated carbocycles. The second kappa shape index (κ2) is 4.95. The summed E-state index contributed by atoms with van der Waals surface area (Å²) in [5.41, 5.74) is 0. The van der Waals surface area contributed by atoms with Crippen molar-refractivity contribution in [3.05, 3.63) is 22.4 Å². The fourth-order valence-corrected chi connectivity index (χ4v) is 2.71. The Balaban J connectivity index is 1.90. The number of nitrogens with one attached hydrogen (secondary N) is 1. The highest BCUT2D eigenvalue weighted by atomic mass is 32.1. The van der Waals surface area contributed by atoms with Crippen molar-refractivity contribution < 1.29 is 15.0 Å². The van der Waals surface area contributed by atoms with Crippen LogP contribution in [0.2, 0.25) is 0 Å². The highest BCUT2D eigenvalue weighted by Crippen LogP contribution is 2.26. The lowest BCUT2D eigenvalue weighted by Gasteiger charge is -2.11. The fraction of sp³-hybridized carbons (Fsp3) is 0.545. The minimum atomic E-state index is -0.501. The Bertz CT molecular complexity index is 352. The first-order chi connectivity index (χ1) is 7.70. The maximum atomic E-state index is 11.7. The molecule has 0 saturated heterocycles. The van der Waals surface area contributed by atoms with E-state index in [1.807, 2.05) is 11.4 Å². The van der Waals surface area contributed by atoms with Crippen molar-refractivity contribution in [2.75, 3.05) is 6.61 Å². The van der Waals surface area contributed by atoms with Gasteiger partial charge >= 0.3 is 0 Å². The van der Waals surface area contributed by atoms with Gasteiger partial charge in [0.2, 0.25) is 0 Å². The Kier molecular flexibility index (Phi) is 3.58. The standard InChI is InChI=1S/C11H15NO3S/c13-6-7-4-8(5-9(7)14)12-11(15)10-2-1-3-16-10/h1-3,7-9,13-14H,4-6H2,(H,12,15)/t7-,8-,9+/m0/s1. The van der Waals surface area contributed by atoms with Gasteiger partial charge in [0.15, 0.2) is 0 Å². The Labute approximate surface area is 97.9 Å². The topological polar surface area (TPSA) is 69.6 Å². The van der Waals surface area contributed by atoms with E-state index in [2.05, 4.69) is 5.32 Å². The monoisotopic (exact) mass is 241 g/mol. The van der Waals surface area contributed by atoms with Crippen molar-refractivity contribution in [3.63, 3.8) is 0 Å². The second-order valence-electron chi connectivity index (χ2n) is 4.13. The summed E-state index contributed by atoms with van der Waals surface area (Å²) in [5, 5.41) is 23.3. The van der Waals surface area contributed by atoms with E-state index in [9.17, 15) is 9.90 Å². The SMILES string of the molecule is O=C(N[C@H]1C[C@@H](CO)[C@H](O)C1)c1cccs1. The third-order valence-electron chi connectivity index (χ3n) is 2.97. The normalized spacial score (nSPS) is 29.2. The molecule has 0 bridgehead atoms. The molecule has 1 aromatic rings. The van der Waals surface area contributed by atoms with Gasteiger partial charge in [0.25, 0.3) is 5.91 Å². The smallest absolute Gasteiger partial charge is 0.261 e. The minimum absolute atomic E-state index is 0.0213. The number of hydrogen-bond donors (Lipinski definition) is 3. The molecule has 0 unspecified atom stereocenters. The van der Waals surface area contributed by atoms with E-state index < -0.39 is 6.10 Å². The van der Waals surface area contributed by atoms with Crippen molar-refractivity contribution in [3.8, 4) is 0 Å². The van der Waals surface area contributed by atoms with Crippen LogP contribution in [0, 0.1) is 5.92 Å². The van der Waals surface area contributed by atoms with Gasteiger partial charge in [-0.05, 0) is 24.3 Å². The summed E-state index contributed by atoms with van der Waals surface area (Å²) in [6.07, 6.45) is 0.676. The lowest BCUT2D eigenvalue weighted by atomic mass is 10.1. The average molecular weight is 241 g/mol. The Hall–Kier alpha value is -0.910. The molecule has 88 valence electrons. The summed E-state index contributed by atoms with van der Waals surface area (Å²) < 4.78 is 0. The first-order valence-corrected chi connectivity index (χ1v) is 6.22. The number of carbonyl (C=O) groups excluding carboxylic acids is 1. The average Bonchev–Trinajstić information content (AvgIpc) is 2.87. The number of rotatable bonds is 3. The van der Waals surface area contributed by atoms with E-state index in [-0.39, 0.29) is 24.5 Å². The van der Waals surface area contributed by atoms with Crippen LogP contribution in [0.5, 0.6) is 0 Å². The third kappa shape index (κ3) is 2.42. The van der Waals surface area contributed by atoms with E-state index in [1.54, 1.807) is 6.07 Å². The summed E-state index contributed by atoms with van der Waals surface area (Å²) in [7, 11) is 0. The maximum absolute atomic E-state index is 11.7. The van der Waals surface area contributed by atoms with Crippen molar-refractivity contribution >= 4 is 17.2 Å². The summed E-state index contributed by atoms with van der Waals surface area (Å²) in [6, 6.07) is 3.58. The van der Waals surface area contributed by atoms with Gasteiger partial charge in [-0.2, -0.15) is 0 Å². The summed E-state index contributed by atoms with van der Waals surface area (Å²) in [4.78, 5) is 12.4. The summed E-state index contributed by atoms with van der Waals surface area (Å²) >= 11 is 1.40. The van der Waals surface area contributed by atoms with Crippen LogP contribution in [-0.4, -0.2) is 34.9 Å². The molecule has 2 rings (SSSR count). The predicted molar refractivity (Wildman–Crippen MR) is 61.4 cm³/mol. The van der Waals surface area contributed by atoms with Gasteiger partial charge in [-0.15, -0.1) is 11.3 Å². The van der Waals surface area contributed by atoms with E-state index in [0.29, 0.717) is 17.7 Å². The van der Waals surface area contributed by atoms with Gasteiger partial charge in [-0.25, -0.2) is 0 Å². The summed E-state index contributed by atoms with van der Waals surface area (Å²) in [6.45, 7) is -0.0213. The van der Waals surface area contributed by atoms with Crippen LogP contribution in [0.3, 0.4) is 0 Å². The van der Waals surface area contributed by atoms with Crippen molar-refractivity contribution in [2.45, 2.75) is 25.0 Å². The molecule has 0 aromatic carbocycles. The molecule has 0 radical (unpaired) electrons. The van der Waals surface area contributed by atoms with Gasteiger partial charge in [0, 0.05) is 18.6 Å². The number of aliphatic hydroxyl groups is 2. The van der Waals surface area contributed by atoms with Gasteiger partial charge in [-0.3, -0.25) is 4.79 Å². The first kappa shape index (κ1) is 11.6. The maximum Gasteiger partial charge on any atom is 0.261 e. The van der Waals surface area contributed by atoms with Gasteiger partial charge in [0.1, 0.15) is 0 Å². The summed E-state index contributed by atoms with van der Waals surface area (Å²) in [5.74, 6) is -0.195. The molecule has 0 spiro atoms. The van der Waals surface area contributed by atoms with Gasteiger partial charge in [0.05, 0.1) is 11.0 Å². The number of amides is 1. The van der Waals surface area contributed by atoms with Crippen LogP contribution in [0.15, 0.2) is 17.5 Å². The molecule has 16 heavy (non-hydrogen) atoms. The molecule has 1 heterocycles. The molecule has 1 amide bonds. The zero-order chi connectivity index (χ0) is 11.5. The van der Waals surface area contributed by atoms with Crippen molar-refractivity contribution in [2.24, 2.45) is 5.92 Å². The predicted octanol–water partition coefficient (Wildman–Crippen LogP) is 0.610. The van der Waals surface area contributed by atoms with E-state index >= 15 is 0 Å². The number of hydrogen-bond acceptors (Lipinski definition) is 4. The van der Waals surface area contributed by atoms with Crippen LogP contribution in [0.1, 0.15) is 22.5 Å². The van der Waals surface area contributed by atoms with Crippen LogP contribution in [0.25, 0.3) is 0 Å². The molecule has 4 nitrogen and oxygen atoms in total. The zero-order valence-electron chi connectivity index (χ0n) is 8.80. The molecule has 0 aliphatic heterocycles. The lowest BCUT2D eigenvalue weighted by Crippen LogP contribution is -2.32. The third-order valence-corrected chi connectivity index (χ3v) is 3.84. The molecular formula is C11H15NO3S. The number of aliphatic hydroxyl groups excluding tert-OH is 2. The Morgan fingerprint density at radius 3 is 2.94 bits per heavy atom. The molecule has 3 N–H and O–H groups in total. The van der Waals surface area contributed by atoms with E-state index in [1.165, 1.54) is 11.3 Å². The molecule has 5 heteroatoms. The van der Waals surface area contributed by atoms with Crippen LogP contribution in [-0.2, 0) is 0 Å². The lowest BCUT2D eigenvalue weighted by molar-refractivity contribution is 0.0904. The van der Waals surface area contributed by atoms with E-state index in [4.69, 9.17) is 5.11 Å². The highest BCUT2D eigenvalue weighted by molar-refractivity contribution is 7.12. The van der Waals surface area contributed by atoms with Crippen molar-refractivity contribution in [1.29, 1.82) is 0 Å². The Morgan fingerprint density at radius 1 is 1.56 bits per heavy atom. The van der Waals surface area contributed by atoms with Gasteiger partial charge < -0.3 is 15.5 Å². The van der Waals surface area contributed by atoms with Crippen LogP contribution < -0.4 is 5.32 Å². The molecule has 1 aliphatic rings. The largest absolute Gasteiger partial charge is 0.396 e. The highest BCUT2D eigenvalue weighted by Gasteiger charge is 2.33. The van der Waals surface area contributed by atoms with Crippen LogP contribution >= 0.6 is 11.3 Å². The molecule has 1 aliphatic carbocycles. The zero-order valence-corrected chi connectivity index (χ0v) is 9.61. The van der Waals surface area contributed by atoms with E-state index in [0.717, 1.165) is 0 Å². The van der Waals surface area contributed by atoms with Crippen LogP contribution in [0.4, 0.5) is 0 Å². The molecular weight excluding hydrogens is 226 g/mol. The number of thiophene rings is 1. The quantitative estimate of drug-likeness (QED) is 0.726. The molecule has 1 fully saturated rings. The number of carbonyl (C=O) groups is 1. The Morgan fingerprint density at radius 2 is 2.38 bits per heavy atom. The molecule has 1 aromatic heterocycles. The van der Waals surface area contributed by atoms with Crippen molar-refractivity contribution in [1.82, 2.24) is 5.32 Å². The second-order valence-corrected chi connectivity index (χ2v) is 5.08. The first-order valence-electron chi connectivity index (χ1n) is 5.34. The molecule has 3 atom stereocenters. The van der Waals surface area contributed by atoms with Gasteiger partial charge in [-0.1, -0.05) is 6.07 Å².